The van der Waals surface area contributed by atoms with Gasteiger partial charge in [-0.1, -0.05) is 0 Å². The quantitative estimate of drug-likeness (QED) is 0.624. The number of hydrogen-bond acceptors (Lipinski definition) is 8. The summed E-state index contributed by atoms with van der Waals surface area (Å²) in [6, 6.07) is 6.90. The number of aromatic nitrogens is 2. The largest absolute Gasteiger partial charge is 0.462 e. The minimum atomic E-state index is -3.70. The minimum absolute atomic E-state index is 0.112. The summed E-state index contributed by atoms with van der Waals surface area (Å²) in [5.74, 6) is -0.517. The lowest BCUT2D eigenvalue weighted by atomic mass is 10.2. The summed E-state index contributed by atoms with van der Waals surface area (Å²) in [5.41, 5.74) is 0.299. The molecule has 1 saturated heterocycles. The number of carbonyl (C=O) groups is 2. The number of piperazine rings is 1. The molecule has 3 rings (SSSR count). The fraction of sp³-hybridized carbons (Fsp3) is 0.400. The van der Waals surface area contributed by atoms with Crippen LogP contribution in [0, 0.1) is 0 Å². The van der Waals surface area contributed by atoms with Gasteiger partial charge in [-0.15, -0.1) is 0 Å². The Labute approximate surface area is 181 Å². The van der Waals surface area contributed by atoms with Crippen molar-refractivity contribution in [3.05, 3.63) is 48.3 Å². The Hall–Kier alpha value is -2.89. The van der Waals surface area contributed by atoms with Gasteiger partial charge in [-0.25, -0.2) is 23.2 Å². The van der Waals surface area contributed by atoms with Crippen LogP contribution < -0.4 is 5.32 Å². The summed E-state index contributed by atoms with van der Waals surface area (Å²) in [4.78, 5) is 34.2. The number of carbonyl (C=O) groups excluding carboxylic acids is 2. The molecule has 0 radical (unpaired) electrons. The maximum absolute atomic E-state index is 12.9. The smallest absolute Gasteiger partial charge is 0.338 e. The molecule has 1 aromatic carbocycles. The second kappa shape index (κ2) is 9.94. The molecule has 2 aromatic rings. The standard InChI is InChI=1S/C20H25N5O5S/c1-3-30-19(27)16-5-7-17(8-6-16)31(28,29)25-13-11-24(12-14-25)15(2)18(26)23-20-21-9-4-10-22-20/h4-10,15H,3,11-14H2,1-2H3,(H,21,22,23,26). The van der Waals surface area contributed by atoms with Gasteiger partial charge in [-0.2, -0.15) is 4.31 Å². The molecule has 1 fully saturated rings. The molecule has 1 aromatic heterocycles. The third kappa shape index (κ3) is 5.43. The number of hydrogen-bond donors (Lipinski definition) is 1. The number of anilines is 1. The van der Waals surface area contributed by atoms with E-state index in [-0.39, 0.29) is 36.4 Å². The highest BCUT2D eigenvalue weighted by atomic mass is 32.2. The maximum Gasteiger partial charge on any atom is 0.338 e. The van der Waals surface area contributed by atoms with Gasteiger partial charge in [-0.3, -0.25) is 15.0 Å². The van der Waals surface area contributed by atoms with Crippen molar-refractivity contribution in [2.24, 2.45) is 0 Å². The average molecular weight is 448 g/mol. The van der Waals surface area contributed by atoms with Gasteiger partial charge >= 0.3 is 5.97 Å². The monoisotopic (exact) mass is 447 g/mol. The molecule has 11 heteroatoms. The molecule has 1 N–H and O–H groups in total. The second-order valence-corrected chi connectivity index (χ2v) is 8.86. The Morgan fingerprint density at radius 1 is 1.10 bits per heavy atom. The minimum Gasteiger partial charge on any atom is -0.462 e. The van der Waals surface area contributed by atoms with E-state index in [0.717, 1.165) is 0 Å². The molecule has 166 valence electrons. The number of esters is 1. The molecule has 2 heterocycles. The molecule has 0 spiro atoms. The topological polar surface area (TPSA) is 122 Å². The van der Waals surface area contributed by atoms with Crippen LogP contribution in [-0.4, -0.2) is 78.3 Å². The van der Waals surface area contributed by atoms with Gasteiger partial charge in [0.15, 0.2) is 0 Å². The SMILES string of the molecule is CCOC(=O)c1ccc(S(=O)(=O)N2CCN(C(C)C(=O)Nc3ncccn3)CC2)cc1. The molecule has 1 unspecified atom stereocenters. The Balaban J connectivity index is 1.59. The lowest BCUT2D eigenvalue weighted by molar-refractivity contribution is -0.121. The number of sulfonamides is 1. The third-order valence-electron chi connectivity index (χ3n) is 5.00. The zero-order valence-corrected chi connectivity index (χ0v) is 18.2. The predicted molar refractivity (Wildman–Crippen MR) is 113 cm³/mol. The van der Waals surface area contributed by atoms with Crippen LogP contribution >= 0.6 is 0 Å². The van der Waals surface area contributed by atoms with E-state index in [4.69, 9.17) is 4.74 Å². The third-order valence-corrected chi connectivity index (χ3v) is 6.92. The van der Waals surface area contributed by atoms with Gasteiger partial charge in [0, 0.05) is 38.6 Å². The maximum atomic E-state index is 12.9. The summed E-state index contributed by atoms with van der Waals surface area (Å²) >= 11 is 0. The molecule has 1 aliphatic rings. The molecule has 0 saturated carbocycles. The Kier molecular flexibility index (Phi) is 7.31. The van der Waals surface area contributed by atoms with E-state index < -0.39 is 22.0 Å². The summed E-state index contributed by atoms with van der Waals surface area (Å²) in [6.45, 7) is 5.03. The van der Waals surface area contributed by atoms with Crippen LogP contribution in [0.3, 0.4) is 0 Å². The van der Waals surface area contributed by atoms with Crippen molar-refractivity contribution >= 4 is 27.8 Å². The lowest BCUT2D eigenvalue weighted by Gasteiger charge is -2.36. The summed E-state index contributed by atoms with van der Waals surface area (Å²) < 4.78 is 32.2. The van der Waals surface area contributed by atoms with Crippen LogP contribution in [0.5, 0.6) is 0 Å². The van der Waals surface area contributed by atoms with Gasteiger partial charge in [0.05, 0.1) is 23.1 Å². The Morgan fingerprint density at radius 3 is 2.29 bits per heavy atom. The highest BCUT2D eigenvalue weighted by Crippen LogP contribution is 2.19. The van der Waals surface area contributed by atoms with Crippen LogP contribution in [-0.2, 0) is 19.6 Å². The van der Waals surface area contributed by atoms with E-state index >= 15 is 0 Å². The van der Waals surface area contributed by atoms with E-state index in [1.54, 1.807) is 19.9 Å². The molecular formula is C20H25N5O5S. The number of nitrogens with zero attached hydrogens (tertiary/aromatic N) is 4. The molecular weight excluding hydrogens is 422 g/mol. The van der Waals surface area contributed by atoms with E-state index in [1.807, 2.05) is 4.90 Å². The van der Waals surface area contributed by atoms with E-state index in [0.29, 0.717) is 18.7 Å². The number of amides is 1. The molecule has 10 nitrogen and oxygen atoms in total. The van der Waals surface area contributed by atoms with E-state index in [1.165, 1.54) is 41.0 Å². The molecule has 31 heavy (non-hydrogen) atoms. The number of rotatable bonds is 7. The first-order valence-electron chi connectivity index (χ1n) is 9.92. The summed E-state index contributed by atoms with van der Waals surface area (Å²) in [5, 5.41) is 2.66. The highest BCUT2D eigenvalue weighted by molar-refractivity contribution is 7.89. The molecule has 1 amide bonds. The Bertz CT molecular complexity index is 1010. The molecule has 0 bridgehead atoms. The van der Waals surface area contributed by atoms with Crippen molar-refractivity contribution in [3.8, 4) is 0 Å². The van der Waals surface area contributed by atoms with Crippen LogP contribution in [0.25, 0.3) is 0 Å². The van der Waals surface area contributed by atoms with E-state index in [2.05, 4.69) is 15.3 Å². The van der Waals surface area contributed by atoms with Gasteiger partial charge in [-0.05, 0) is 44.2 Å². The highest BCUT2D eigenvalue weighted by Gasteiger charge is 2.32. The zero-order valence-electron chi connectivity index (χ0n) is 17.4. The van der Waals surface area contributed by atoms with Gasteiger partial charge < -0.3 is 4.74 Å². The second-order valence-electron chi connectivity index (χ2n) is 6.92. The first-order valence-corrected chi connectivity index (χ1v) is 11.4. The average Bonchev–Trinajstić information content (AvgIpc) is 2.79. The molecule has 0 aliphatic carbocycles. The van der Waals surface area contributed by atoms with E-state index in [9.17, 15) is 18.0 Å². The normalized spacial score (nSPS) is 16.5. The van der Waals surface area contributed by atoms with Crippen molar-refractivity contribution in [2.75, 3.05) is 38.1 Å². The summed E-state index contributed by atoms with van der Waals surface area (Å²) in [7, 11) is -3.70. The van der Waals surface area contributed by atoms with Crippen molar-refractivity contribution in [1.82, 2.24) is 19.2 Å². The van der Waals surface area contributed by atoms with Crippen molar-refractivity contribution < 1.29 is 22.7 Å². The first kappa shape index (κ1) is 22.8. The van der Waals surface area contributed by atoms with Crippen LogP contribution in [0.2, 0.25) is 0 Å². The number of benzene rings is 1. The molecule has 1 aliphatic heterocycles. The van der Waals surface area contributed by atoms with Crippen molar-refractivity contribution in [2.45, 2.75) is 24.8 Å². The fourth-order valence-corrected chi connectivity index (χ4v) is 4.62. The van der Waals surface area contributed by atoms with Crippen LogP contribution in [0.15, 0.2) is 47.6 Å². The number of ether oxygens (including phenoxy) is 1. The van der Waals surface area contributed by atoms with Crippen LogP contribution in [0.1, 0.15) is 24.2 Å². The van der Waals surface area contributed by atoms with Crippen molar-refractivity contribution in [1.29, 1.82) is 0 Å². The zero-order chi connectivity index (χ0) is 22.4. The predicted octanol–water partition coefficient (Wildman–Crippen LogP) is 0.987. The van der Waals surface area contributed by atoms with Crippen molar-refractivity contribution in [3.63, 3.8) is 0 Å². The van der Waals surface area contributed by atoms with Gasteiger partial charge in [0.25, 0.3) is 0 Å². The summed E-state index contributed by atoms with van der Waals surface area (Å²) in [6.07, 6.45) is 3.08. The molecule has 1 atom stereocenters. The first-order chi connectivity index (χ1) is 14.8. The number of nitrogens with one attached hydrogen (secondary N) is 1. The van der Waals surface area contributed by atoms with Gasteiger partial charge in [0.1, 0.15) is 0 Å². The fourth-order valence-electron chi connectivity index (χ4n) is 3.20. The van der Waals surface area contributed by atoms with Crippen LogP contribution in [0.4, 0.5) is 5.95 Å². The lowest BCUT2D eigenvalue weighted by Crippen LogP contribution is -2.54. The Morgan fingerprint density at radius 2 is 1.71 bits per heavy atom. The van der Waals surface area contributed by atoms with Gasteiger partial charge in [0.2, 0.25) is 21.9 Å².